The van der Waals surface area contributed by atoms with Crippen LogP contribution in [0.3, 0.4) is 0 Å². The first-order valence-electron chi connectivity index (χ1n) is 9.53. The molecule has 1 fully saturated rings. The number of carbonyl (C=O) groups is 1. The summed E-state index contributed by atoms with van der Waals surface area (Å²) in [5, 5.41) is 3.92. The molecule has 1 aliphatic carbocycles. The number of alkyl halides is 3. The molecule has 0 saturated heterocycles. The molecule has 0 bridgehead atoms. The standard InChI is InChI=1S/C22H20F3NO2S/c23-22(24,25)15-11-9-14(10-12-15)13-28-19-17-7-3-4-8-18(17)29-20(19)21(27)26-16-5-1-2-6-16/h3-4,7-12,16H,1-2,5-6,13H2,(H,26,27). The number of fused-ring (bicyclic) bond motifs is 1. The van der Waals surface area contributed by atoms with Crippen LogP contribution in [-0.4, -0.2) is 11.9 Å². The monoisotopic (exact) mass is 419 g/mol. The quantitative estimate of drug-likeness (QED) is 0.537. The van der Waals surface area contributed by atoms with Crippen LogP contribution in [0.25, 0.3) is 10.1 Å². The van der Waals surface area contributed by atoms with E-state index in [0.717, 1.165) is 47.9 Å². The summed E-state index contributed by atoms with van der Waals surface area (Å²) in [7, 11) is 0. The minimum atomic E-state index is -4.37. The third-order valence-electron chi connectivity index (χ3n) is 5.11. The van der Waals surface area contributed by atoms with Crippen LogP contribution >= 0.6 is 11.3 Å². The van der Waals surface area contributed by atoms with E-state index < -0.39 is 11.7 Å². The first kappa shape index (κ1) is 19.8. The smallest absolute Gasteiger partial charge is 0.416 e. The van der Waals surface area contributed by atoms with Crippen LogP contribution in [0.2, 0.25) is 0 Å². The molecule has 1 N–H and O–H groups in total. The predicted molar refractivity (Wildman–Crippen MR) is 107 cm³/mol. The van der Waals surface area contributed by atoms with E-state index in [0.29, 0.717) is 16.2 Å². The van der Waals surface area contributed by atoms with Crippen molar-refractivity contribution in [1.82, 2.24) is 5.32 Å². The fraction of sp³-hybridized carbons (Fsp3) is 0.318. The highest BCUT2D eigenvalue weighted by Gasteiger charge is 2.30. The van der Waals surface area contributed by atoms with Crippen molar-refractivity contribution in [1.29, 1.82) is 0 Å². The van der Waals surface area contributed by atoms with E-state index in [1.54, 1.807) is 0 Å². The van der Waals surface area contributed by atoms with E-state index >= 15 is 0 Å². The predicted octanol–water partition coefficient (Wildman–Crippen LogP) is 6.17. The maximum atomic E-state index is 12.9. The molecule has 3 nitrogen and oxygen atoms in total. The van der Waals surface area contributed by atoms with E-state index in [-0.39, 0.29) is 18.6 Å². The van der Waals surface area contributed by atoms with Gasteiger partial charge in [-0.1, -0.05) is 37.1 Å². The summed E-state index contributed by atoms with van der Waals surface area (Å²) in [6, 6.07) is 12.7. The van der Waals surface area contributed by atoms with Gasteiger partial charge in [-0.25, -0.2) is 0 Å². The molecule has 3 aromatic rings. The Morgan fingerprint density at radius 3 is 2.45 bits per heavy atom. The van der Waals surface area contributed by atoms with Crippen molar-refractivity contribution in [2.24, 2.45) is 0 Å². The molecule has 0 spiro atoms. The minimum Gasteiger partial charge on any atom is -0.487 e. The molecule has 152 valence electrons. The van der Waals surface area contributed by atoms with Gasteiger partial charge in [-0.2, -0.15) is 13.2 Å². The van der Waals surface area contributed by atoms with E-state index in [4.69, 9.17) is 4.74 Å². The minimum absolute atomic E-state index is 0.0859. The second-order valence-electron chi connectivity index (χ2n) is 7.19. The molecule has 1 amide bonds. The number of carbonyl (C=O) groups excluding carboxylic acids is 1. The fourth-order valence-electron chi connectivity index (χ4n) is 3.58. The second-order valence-corrected chi connectivity index (χ2v) is 8.25. The summed E-state index contributed by atoms with van der Waals surface area (Å²) in [4.78, 5) is 13.4. The van der Waals surface area contributed by atoms with Gasteiger partial charge < -0.3 is 10.1 Å². The summed E-state index contributed by atoms with van der Waals surface area (Å²) >= 11 is 1.37. The summed E-state index contributed by atoms with van der Waals surface area (Å²) < 4.78 is 45.1. The average molecular weight is 419 g/mol. The Hall–Kier alpha value is -2.54. The topological polar surface area (TPSA) is 38.3 Å². The number of nitrogens with one attached hydrogen (secondary N) is 1. The van der Waals surface area contributed by atoms with Crippen LogP contribution < -0.4 is 10.1 Å². The van der Waals surface area contributed by atoms with Crippen molar-refractivity contribution in [3.8, 4) is 5.75 Å². The first-order valence-corrected chi connectivity index (χ1v) is 10.3. The number of hydrogen-bond acceptors (Lipinski definition) is 3. The Morgan fingerprint density at radius 2 is 1.76 bits per heavy atom. The lowest BCUT2D eigenvalue weighted by Gasteiger charge is -2.13. The number of benzene rings is 2. The average Bonchev–Trinajstić information content (AvgIpc) is 3.33. The number of ether oxygens (including phenoxy) is 1. The Kier molecular flexibility index (Phi) is 5.50. The van der Waals surface area contributed by atoms with Crippen LogP contribution in [0.1, 0.15) is 46.5 Å². The Balaban J connectivity index is 1.56. The van der Waals surface area contributed by atoms with Gasteiger partial charge in [-0.15, -0.1) is 11.3 Å². The van der Waals surface area contributed by atoms with E-state index in [2.05, 4.69) is 5.32 Å². The zero-order chi connectivity index (χ0) is 20.4. The molecule has 1 heterocycles. The van der Waals surface area contributed by atoms with Crippen LogP contribution in [0.4, 0.5) is 13.2 Å². The molecule has 7 heteroatoms. The maximum absolute atomic E-state index is 12.9. The lowest BCUT2D eigenvalue weighted by molar-refractivity contribution is -0.137. The van der Waals surface area contributed by atoms with Gasteiger partial charge in [-0.3, -0.25) is 4.79 Å². The zero-order valence-electron chi connectivity index (χ0n) is 15.6. The highest BCUT2D eigenvalue weighted by molar-refractivity contribution is 7.21. The fourth-order valence-corrected chi connectivity index (χ4v) is 4.63. The van der Waals surface area contributed by atoms with Gasteiger partial charge in [0.25, 0.3) is 5.91 Å². The molecule has 1 saturated carbocycles. The largest absolute Gasteiger partial charge is 0.487 e. The SMILES string of the molecule is O=C(NC1CCCC1)c1sc2ccccc2c1OCc1ccc(C(F)(F)F)cc1. The Labute approximate surface area is 170 Å². The normalized spacial score (nSPS) is 15.0. The number of thiophene rings is 1. The molecule has 1 aliphatic rings. The van der Waals surface area contributed by atoms with Crippen LogP contribution in [0.15, 0.2) is 48.5 Å². The van der Waals surface area contributed by atoms with Crippen molar-refractivity contribution >= 4 is 27.3 Å². The van der Waals surface area contributed by atoms with Crippen molar-refractivity contribution in [3.05, 3.63) is 64.5 Å². The second kappa shape index (κ2) is 8.06. The number of amides is 1. The number of hydrogen-bond donors (Lipinski definition) is 1. The van der Waals surface area contributed by atoms with Crippen molar-refractivity contribution in [2.75, 3.05) is 0 Å². The third kappa shape index (κ3) is 4.40. The molecule has 1 aromatic heterocycles. The van der Waals surface area contributed by atoms with E-state index in [9.17, 15) is 18.0 Å². The van der Waals surface area contributed by atoms with Gasteiger partial charge in [0.2, 0.25) is 0 Å². The molecular formula is C22H20F3NO2S. The maximum Gasteiger partial charge on any atom is 0.416 e. The van der Waals surface area contributed by atoms with Gasteiger partial charge in [0.15, 0.2) is 5.75 Å². The molecule has 29 heavy (non-hydrogen) atoms. The lowest BCUT2D eigenvalue weighted by Crippen LogP contribution is -2.32. The highest BCUT2D eigenvalue weighted by atomic mass is 32.1. The molecule has 0 aliphatic heterocycles. The molecule has 0 radical (unpaired) electrons. The van der Waals surface area contributed by atoms with Gasteiger partial charge in [0.05, 0.1) is 5.56 Å². The number of halogens is 3. The van der Waals surface area contributed by atoms with Gasteiger partial charge in [0.1, 0.15) is 11.5 Å². The molecule has 0 atom stereocenters. The van der Waals surface area contributed by atoms with E-state index in [1.165, 1.54) is 23.5 Å². The van der Waals surface area contributed by atoms with Crippen LogP contribution in [0.5, 0.6) is 5.75 Å². The Morgan fingerprint density at radius 1 is 1.07 bits per heavy atom. The lowest BCUT2D eigenvalue weighted by atomic mass is 10.1. The molecule has 4 rings (SSSR count). The number of rotatable bonds is 5. The summed E-state index contributed by atoms with van der Waals surface area (Å²) in [6.07, 6.45) is -0.158. The van der Waals surface area contributed by atoms with Crippen LogP contribution in [0, 0.1) is 0 Å². The first-order chi connectivity index (χ1) is 13.9. The van der Waals surface area contributed by atoms with Crippen molar-refractivity contribution in [3.63, 3.8) is 0 Å². The van der Waals surface area contributed by atoms with Crippen LogP contribution in [-0.2, 0) is 12.8 Å². The van der Waals surface area contributed by atoms with Crippen molar-refractivity contribution in [2.45, 2.75) is 44.5 Å². The molecule has 2 aromatic carbocycles. The van der Waals surface area contributed by atoms with E-state index in [1.807, 2.05) is 24.3 Å². The summed E-state index contributed by atoms with van der Waals surface area (Å²) in [5.74, 6) is 0.335. The third-order valence-corrected chi connectivity index (χ3v) is 6.26. The zero-order valence-corrected chi connectivity index (χ0v) is 16.4. The molecule has 0 unspecified atom stereocenters. The highest BCUT2D eigenvalue weighted by Crippen LogP contribution is 2.38. The van der Waals surface area contributed by atoms with Gasteiger partial charge in [-0.05, 0) is 42.7 Å². The molecular weight excluding hydrogens is 399 g/mol. The van der Waals surface area contributed by atoms with Gasteiger partial charge >= 0.3 is 6.18 Å². The summed E-state index contributed by atoms with van der Waals surface area (Å²) in [6.45, 7) is 0.0859. The van der Waals surface area contributed by atoms with Crippen molar-refractivity contribution < 1.29 is 22.7 Å². The summed E-state index contributed by atoms with van der Waals surface area (Å²) in [5.41, 5.74) is -0.0886. The Bertz CT molecular complexity index is 1010. The van der Waals surface area contributed by atoms with Gasteiger partial charge in [0, 0.05) is 16.1 Å².